The van der Waals surface area contributed by atoms with Crippen LogP contribution in [-0.2, 0) is 0 Å². The van der Waals surface area contributed by atoms with Gasteiger partial charge in [-0.2, -0.15) is 0 Å². The standard InChI is InChI=1S/C24H15NO2/c26-23-18-8-3-4-9-19(18)24(27)22-20(23)10-5-11-21(22)25-17-13-12-15-6-1-2-7-16(15)14-17/h1-14,25H. The van der Waals surface area contributed by atoms with Gasteiger partial charge in [0.05, 0.1) is 11.3 Å². The maximum atomic E-state index is 13.1. The van der Waals surface area contributed by atoms with Gasteiger partial charge in [0.2, 0.25) is 0 Å². The molecule has 1 N–H and O–H groups in total. The number of hydrogen-bond acceptors (Lipinski definition) is 3. The Morgan fingerprint density at radius 3 is 2.04 bits per heavy atom. The van der Waals surface area contributed by atoms with Crippen LogP contribution in [0, 0.1) is 0 Å². The molecular weight excluding hydrogens is 334 g/mol. The quantitative estimate of drug-likeness (QED) is 0.467. The highest BCUT2D eigenvalue weighted by Gasteiger charge is 2.31. The molecule has 0 aromatic heterocycles. The van der Waals surface area contributed by atoms with E-state index in [1.807, 2.05) is 42.5 Å². The summed E-state index contributed by atoms with van der Waals surface area (Å²) in [5.74, 6) is -0.230. The molecule has 0 bridgehead atoms. The number of nitrogens with one attached hydrogen (secondary N) is 1. The number of benzene rings is 4. The third-order valence-corrected chi connectivity index (χ3v) is 4.98. The largest absolute Gasteiger partial charge is 0.355 e. The average Bonchev–Trinajstić information content (AvgIpc) is 2.72. The zero-order valence-electron chi connectivity index (χ0n) is 14.4. The second-order valence-electron chi connectivity index (χ2n) is 6.62. The van der Waals surface area contributed by atoms with E-state index in [0.717, 1.165) is 16.5 Å². The molecule has 4 aromatic carbocycles. The maximum Gasteiger partial charge on any atom is 0.196 e. The molecule has 0 spiro atoms. The van der Waals surface area contributed by atoms with E-state index in [9.17, 15) is 9.59 Å². The van der Waals surface area contributed by atoms with Gasteiger partial charge in [-0.15, -0.1) is 0 Å². The summed E-state index contributed by atoms with van der Waals surface area (Å²) in [5.41, 5.74) is 3.34. The highest BCUT2D eigenvalue weighted by molar-refractivity contribution is 6.30. The molecular formula is C24H15NO2. The SMILES string of the molecule is O=C1c2ccccc2C(=O)c2c(Nc3ccc4ccccc4c3)cccc21. The number of anilines is 2. The van der Waals surface area contributed by atoms with Crippen LogP contribution in [0.5, 0.6) is 0 Å². The Hall–Kier alpha value is -3.72. The summed E-state index contributed by atoms with van der Waals surface area (Å²) in [6.45, 7) is 0. The number of carbonyl (C=O) groups is 2. The molecule has 5 rings (SSSR count). The van der Waals surface area contributed by atoms with Gasteiger partial charge in [0, 0.05) is 22.4 Å². The summed E-state index contributed by atoms with van der Waals surface area (Å²) >= 11 is 0. The van der Waals surface area contributed by atoms with E-state index in [-0.39, 0.29) is 11.6 Å². The number of carbonyl (C=O) groups excluding carboxylic acids is 2. The molecule has 0 atom stereocenters. The molecule has 0 saturated carbocycles. The molecule has 27 heavy (non-hydrogen) atoms. The second kappa shape index (κ2) is 5.92. The highest BCUT2D eigenvalue weighted by Crippen LogP contribution is 2.33. The van der Waals surface area contributed by atoms with Crippen LogP contribution in [-0.4, -0.2) is 11.6 Å². The minimum absolute atomic E-state index is 0.109. The molecule has 0 amide bonds. The Morgan fingerprint density at radius 2 is 1.22 bits per heavy atom. The Kier molecular flexibility index (Phi) is 3.41. The monoisotopic (exact) mass is 349 g/mol. The van der Waals surface area contributed by atoms with Gasteiger partial charge in [0.1, 0.15) is 0 Å². The fourth-order valence-corrected chi connectivity index (χ4v) is 3.67. The van der Waals surface area contributed by atoms with Crippen LogP contribution in [0.3, 0.4) is 0 Å². The van der Waals surface area contributed by atoms with Crippen molar-refractivity contribution in [3.05, 3.63) is 107 Å². The van der Waals surface area contributed by atoms with Gasteiger partial charge in [0.15, 0.2) is 11.6 Å². The van der Waals surface area contributed by atoms with Crippen LogP contribution in [0.1, 0.15) is 31.8 Å². The van der Waals surface area contributed by atoms with E-state index >= 15 is 0 Å². The van der Waals surface area contributed by atoms with E-state index < -0.39 is 0 Å². The molecule has 1 aliphatic carbocycles. The third kappa shape index (κ3) is 2.44. The van der Waals surface area contributed by atoms with Crippen LogP contribution in [0.2, 0.25) is 0 Å². The highest BCUT2D eigenvalue weighted by atomic mass is 16.1. The van der Waals surface area contributed by atoms with Gasteiger partial charge in [-0.3, -0.25) is 9.59 Å². The first kappa shape index (κ1) is 15.5. The van der Waals surface area contributed by atoms with Crippen molar-refractivity contribution >= 4 is 33.7 Å². The first-order valence-corrected chi connectivity index (χ1v) is 8.79. The van der Waals surface area contributed by atoms with Crippen molar-refractivity contribution in [3.8, 4) is 0 Å². The fraction of sp³-hybridized carbons (Fsp3) is 0. The fourth-order valence-electron chi connectivity index (χ4n) is 3.67. The molecule has 1 aliphatic rings. The summed E-state index contributed by atoms with van der Waals surface area (Å²) in [5, 5.41) is 5.60. The first-order valence-electron chi connectivity index (χ1n) is 8.79. The smallest absolute Gasteiger partial charge is 0.196 e. The minimum Gasteiger partial charge on any atom is -0.355 e. The molecule has 0 unspecified atom stereocenters. The van der Waals surface area contributed by atoms with E-state index in [2.05, 4.69) is 11.4 Å². The summed E-state index contributed by atoms with van der Waals surface area (Å²) in [4.78, 5) is 25.9. The van der Waals surface area contributed by atoms with Crippen molar-refractivity contribution in [1.82, 2.24) is 0 Å². The predicted octanol–water partition coefficient (Wildman–Crippen LogP) is 5.36. The molecule has 0 radical (unpaired) electrons. The Balaban J connectivity index is 1.62. The zero-order valence-corrected chi connectivity index (χ0v) is 14.4. The number of rotatable bonds is 2. The molecule has 4 aromatic rings. The van der Waals surface area contributed by atoms with Crippen LogP contribution in [0.4, 0.5) is 11.4 Å². The van der Waals surface area contributed by atoms with Crippen LogP contribution in [0.25, 0.3) is 10.8 Å². The van der Waals surface area contributed by atoms with Crippen LogP contribution < -0.4 is 5.32 Å². The normalized spacial score (nSPS) is 12.6. The second-order valence-corrected chi connectivity index (χ2v) is 6.62. The van der Waals surface area contributed by atoms with Gasteiger partial charge in [0.25, 0.3) is 0 Å². The first-order chi connectivity index (χ1) is 13.2. The van der Waals surface area contributed by atoms with Gasteiger partial charge in [-0.25, -0.2) is 0 Å². The van der Waals surface area contributed by atoms with Crippen molar-refractivity contribution in [2.24, 2.45) is 0 Å². The Morgan fingerprint density at radius 1 is 0.556 bits per heavy atom. The zero-order chi connectivity index (χ0) is 18.4. The average molecular weight is 349 g/mol. The van der Waals surface area contributed by atoms with Crippen molar-refractivity contribution in [2.45, 2.75) is 0 Å². The van der Waals surface area contributed by atoms with Crippen LogP contribution in [0.15, 0.2) is 84.9 Å². The number of fused-ring (bicyclic) bond motifs is 3. The molecule has 0 fully saturated rings. The van der Waals surface area contributed by atoms with Gasteiger partial charge >= 0.3 is 0 Å². The molecule has 3 heteroatoms. The Labute approximate surface area is 156 Å². The molecule has 0 aliphatic heterocycles. The van der Waals surface area contributed by atoms with Crippen LogP contribution >= 0.6 is 0 Å². The summed E-state index contributed by atoms with van der Waals surface area (Å²) in [6.07, 6.45) is 0. The van der Waals surface area contributed by atoms with Gasteiger partial charge in [-0.1, -0.05) is 66.7 Å². The van der Waals surface area contributed by atoms with E-state index in [1.54, 1.807) is 36.4 Å². The molecule has 128 valence electrons. The summed E-state index contributed by atoms with van der Waals surface area (Å²) in [6, 6.07) is 26.5. The minimum atomic E-state index is -0.121. The molecule has 0 heterocycles. The lowest BCUT2D eigenvalue weighted by Gasteiger charge is -2.20. The number of hydrogen-bond donors (Lipinski definition) is 1. The lowest BCUT2D eigenvalue weighted by atomic mass is 9.83. The predicted molar refractivity (Wildman–Crippen MR) is 107 cm³/mol. The van der Waals surface area contributed by atoms with E-state index in [1.165, 1.54) is 0 Å². The summed E-state index contributed by atoms with van der Waals surface area (Å²) < 4.78 is 0. The van der Waals surface area contributed by atoms with Crippen molar-refractivity contribution in [1.29, 1.82) is 0 Å². The number of ketones is 2. The molecule has 0 saturated heterocycles. The summed E-state index contributed by atoms with van der Waals surface area (Å²) in [7, 11) is 0. The lowest BCUT2D eigenvalue weighted by Crippen LogP contribution is -2.22. The maximum absolute atomic E-state index is 13.1. The lowest BCUT2D eigenvalue weighted by molar-refractivity contribution is 0.0979. The van der Waals surface area contributed by atoms with Crippen molar-refractivity contribution in [3.63, 3.8) is 0 Å². The third-order valence-electron chi connectivity index (χ3n) is 4.98. The van der Waals surface area contributed by atoms with Gasteiger partial charge in [-0.05, 0) is 29.0 Å². The topological polar surface area (TPSA) is 46.2 Å². The van der Waals surface area contributed by atoms with Crippen molar-refractivity contribution in [2.75, 3.05) is 5.32 Å². The van der Waals surface area contributed by atoms with E-state index in [0.29, 0.717) is 27.9 Å². The Bertz CT molecular complexity index is 1240. The molecule has 3 nitrogen and oxygen atoms in total. The van der Waals surface area contributed by atoms with Crippen molar-refractivity contribution < 1.29 is 9.59 Å². The van der Waals surface area contributed by atoms with Gasteiger partial charge < -0.3 is 5.32 Å². The van der Waals surface area contributed by atoms with E-state index in [4.69, 9.17) is 0 Å².